The van der Waals surface area contributed by atoms with Crippen molar-refractivity contribution < 1.29 is 5.11 Å². The van der Waals surface area contributed by atoms with Crippen LogP contribution < -0.4 is 10.6 Å². The Labute approximate surface area is 93.9 Å². The van der Waals surface area contributed by atoms with E-state index in [1.165, 1.54) is 0 Å². The van der Waals surface area contributed by atoms with E-state index in [1.54, 1.807) is 6.20 Å². The van der Waals surface area contributed by atoms with E-state index in [0.29, 0.717) is 5.69 Å². The van der Waals surface area contributed by atoms with Crippen molar-refractivity contribution >= 4 is 22.3 Å². The SMILES string of the molecule is CC(CO)N(C)c1cc2[nH]ncc2cc1N. The molecule has 0 aliphatic rings. The maximum Gasteiger partial charge on any atom is 0.0672 e. The molecule has 4 N–H and O–H groups in total. The van der Waals surface area contributed by atoms with Crippen LogP contribution in [0.4, 0.5) is 11.4 Å². The van der Waals surface area contributed by atoms with Gasteiger partial charge in [0.1, 0.15) is 0 Å². The first-order chi connectivity index (χ1) is 7.63. The molecule has 0 fully saturated rings. The number of likely N-dealkylation sites (N-methyl/N-ethyl adjacent to an activating group) is 1. The summed E-state index contributed by atoms with van der Waals surface area (Å²) >= 11 is 0. The smallest absolute Gasteiger partial charge is 0.0672 e. The first-order valence-electron chi connectivity index (χ1n) is 5.19. The number of hydrogen-bond acceptors (Lipinski definition) is 4. The van der Waals surface area contributed by atoms with Gasteiger partial charge in [0.05, 0.1) is 29.7 Å². The van der Waals surface area contributed by atoms with Crippen LogP contribution in [-0.4, -0.2) is 35.0 Å². The first kappa shape index (κ1) is 10.8. The third-order valence-electron chi connectivity index (χ3n) is 2.89. The van der Waals surface area contributed by atoms with Crippen molar-refractivity contribution in [2.45, 2.75) is 13.0 Å². The molecule has 2 aromatic rings. The Balaban J connectivity index is 2.46. The van der Waals surface area contributed by atoms with E-state index in [0.717, 1.165) is 16.6 Å². The number of aromatic amines is 1. The van der Waals surface area contributed by atoms with Gasteiger partial charge in [-0.1, -0.05) is 0 Å². The minimum atomic E-state index is 0.0303. The molecule has 1 heterocycles. The lowest BCUT2D eigenvalue weighted by molar-refractivity contribution is 0.270. The molecule has 16 heavy (non-hydrogen) atoms. The molecule has 5 heteroatoms. The van der Waals surface area contributed by atoms with E-state index in [4.69, 9.17) is 10.8 Å². The number of aliphatic hydroxyl groups is 1. The highest BCUT2D eigenvalue weighted by atomic mass is 16.3. The minimum Gasteiger partial charge on any atom is -0.397 e. The molecule has 5 nitrogen and oxygen atoms in total. The number of rotatable bonds is 3. The molecule has 1 aromatic carbocycles. The summed E-state index contributed by atoms with van der Waals surface area (Å²) in [5.41, 5.74) is 8.51. The second-order valence-corrected chi connectivity index (χ2v) is 4.01. The van der Waals surface area contributed by atoms with E-state index in [9.17, 15) is 0 Å². The summed E-state index contributed by atoms with van der Waals surface area (Å²) < 4.78 is 0. The number of anilines is 2. The van der Waals surface area contributed by atoms with Crippen molar-refractivity contribution in [3.05, 3.63) is 18.3 Å². The molecule has 0 saturated carbocycles. The molecular formula is C11H16N4O. The van der Waals surface area contributed by atoms with Crippen LogP contribution in [0.5, 0.6) is 0 Å². The van der Waals surface area contributed by atoms with Gasteiger partial charge in [-0.2, -0.15) is 5.10 Å². The molecule has 86 valence electrons. The van der Waals surface area contributed by atoms with Crippen molar-refractivity contribution in [3.8, 4) is 0 Å². The molecule has 1 unspecified atom stereocenters. The van der Waals surface area contributed by atoms with Gasteiger partial charge in [-0.25, -0.2) is 0 Å². The minimum absolute atomic E-state index is 0.0303. The van der Waals surface area contributed by atoms with Crippen LogP contribution in [0.1, 0.15) is 6.92 Å². The zero-order chi connectivity index (χ0) is 11.7. The molecule has 0 saturated heterocycles. The fourth-order valence-electron chi connectivity index (χ4n) is 1.66. The van der Waals surface area contributed by atoms with Crippen molar-refractivity contribution in [2.24, 2.45) is 0 Å². The number of H-pyrrole nitrogens is 1. The molecule has 0 bridgehead atoms. The van der Waals surface area contributed by atoms with Crippen molar-refractivity contribution in [1.29, 1.82) is 0 Å². The van der Waals surface area contributed by atoms with Crippen LogP contribution in [0, 0.1) is 0 Å². The van der Waals surface area contributed by atoms with Crippen LogP contribution in [0.3, 0.4) is 0 Å². The number of nitrogens with two attached hydrogens (primary N) is 1. The maximum atomic E-state index is 9.13. The molecule has 0 amide bonds. The van der Waals surface area contributed by atoms with Gasteiger partial charge in [-0.3, -0.25) is 5.10 Å². The highest BCUT2D eigenvalue weighted by Crippen LogP contribution is 2.28. The standard InChI is InChI=1S/C11H16N4O/c1-7(6-16)15(2)11-4-10-8(3-9(11)12)5-13-14-10/h3-5,7,16H,6,12H2,1-2H3,(H,13,14). The molecule has 0 aliphatic carbocycles. The molecule has 0 aliphatic heterocycles. The van der Waals surface area contributed by atoms with Crippen LogP contribution in [0.25, 0.3) is 10.9 Å². The van der Waals surface area contributed by atoms with Gasteiger partial charge in [0.25, 0.3) is 0 Å². The topological polar surface area (TPSA) is 78.2 Å². The summed E-state index contributed by atoms with van der Waals surface area (Å²) in [6.45, 7) is 2.04. The summed E-state index contributed by atoms with van der Waals surface area (Å²) in [6, 6.07) is 3.86. The monoisotopic (exact) mass is 220 g/mol. The fraction of sp³-hybridized carbons (Fsp3) is 0.364. The molecular weight excluding hydrogens is 204 g/mol. The average Bonchev–Trinajstić information content (AvgIpc) is 2.72. The van der Waals surface area contributed by atoms with Crippen LogP contribution in [0.15, 0.2) is 18.3 Å². The van der Waals surface area contributed by atoms with Gasteiger partial charge < -0.3 is 15.7 Å². The summed E-state index contributed by atoms with van der Waals surface area (Å²) in [7, 11) is 1.91. The van der Waals surface area contributed by atoms with Gasteiger partial charge in [-0.05, 0) is 19.1 Å². The number of fused-ring (bicyclic) bond motifs is 1. The lowest BCUT2D eigenvalue weighted by Crippen LogP contribution is -2.32. The summed E-state index contributed by atoms with van der Waals surface area (Å²) in [6.07, 6.45) is 1.74. The van der Waals surface area contributed by atoms with E-state index < -0.39 is 0 Å². The third kappa shape index (κ3) is 1.69. The number of aromatic nitrogens is 2. The highest BCUT2D eigenvalue weighted by Gasteiger charge is 2.13. The number of nitrogens with one attached hydrogen (secondary N) is 1. The van der Waals surface area contributed by atoms with Gasteiger partial charge in [0.15, 0.2) is 0 Å². The van der Waals surface area contributed by atoms with Crippen molar-refractivity contribution in [2.75, 3.05) is 24.3 Å². The molecule has 1 atom stereocenters. The quantitative estimate of drug-likeness (QED) is 0.673. The third-order valence-corrected chi connectivity index (χ3v) is 2.89. The van der Waals surface area contributed by atoms with Crippen molar-refractivity contribution in [1.82, 2.24) is 10.2 Å². The molecule has 0 spiro atoms. The van der Waals surface area contributed by atoms with E-state index in [1.807, 2.05) is 31.0 Å². The average molecular weight is 220 g/mol. The Morgan fingerprint density at radius 3 is 3.00 bits per heavy atom. The normalized spacial score (nSPS) is 12.9. The summed E-state index contributed by atoms with van der Waals surface area (Å²) in [4.78, 5) is 1.95. The second-order valence-electron chi connectivity index (χ2n) is 4.01. The Morgan fingerprint density at radius 2 is 2.31 bits per heavy atom. The van der Waals surface area contributed by atoms with E-state index >= 15 is 0 Å². The number of hydrogen-bond donors (Lipinski definition) is 3. The maximum absolute atomic E-state index is 9.13. The number of nitrogen functional groups attached to an aromatic ring is 1. The lowest BCUT2D eigenvalue weighted by Gasteiger charge is -2.26. The Kier molecular flexibility index (Phi) is 2.70. The summed E-state index contributed by atoms with van der Waals surface area (Å²) in [5, 5.41) is 17.0. The Bertz CT molecular complexity index is 494. The number of benzene rings is 1. The number of nitrogens with zero attached hydrogens (tertiary/aromatic N) is 2. The molecule has 1 aromatic heterocycles. The highest BCUT2D eigenvalue weighted by molar-refractivity contribution is 5.88. The van der Waals surface area contributed by atoms with Gasteiger partial charge in [0, 0.05) is 18.5 Å². The van der Waals surface area contributed by atoms with Gasteiger partial charge in [-0.15, -0.1) is 0 Å². The number of aliphatic hydroxyl groups excluding tert-OH is 1. The van der Waals surface area contributed by atoms with Gasteiger partial charge in [0.2, 0.25) is 0 Å². The summed E-state index contributed by atoms with van der Waals surface area (Å²) in [5.74, 6) is 0. The Morgan fingerprint density at radius 1 is 1.56 bits per heavy atom. The zero-order valence-electron chi connectivity index (χ0n) is 9.44. The largest absolute Gasteiger partial charge is 0.397 e. The predicted octanol–water partition coefficient (Wildman–Crippen LogP) is 0.962. The van der Waals surface area contributed by atoms with Gasteiger partial charge >= 0.3 is 0 Å². The fourth-order valence-corrected chi connectivity index (χ4v) is 1.66. The van der Waals surface area contributed by atoms with Crippen LogP contribution >= 0.6 is 0 Å². The van der Waals surface area contributed by atoms with Crippen molar-refractivity contribution in [3.63, 3.8) is 0 Å². The molecule has 2 rings (SSSR count). The lowest BCUT2D eigenvalue weighted by atomic mass is 10.1. The van der Waals surface area contributed by atoms with E-state index in [-0.39, 0.29) is 12.6 Å². The first-order valence-corrected chi connectivity index (χ1v) is 5.19. The molecule has 0 radical (unpaired) electrons. The second kappa shape index (κ2) is 4.02. The van der Waals surface area contributed by atoms with Crippen LogP contribution in [-0.2, 0) is 0 Å². The van der Waals surface area contributed by atoms with Crippen LogP contribution in [0.2, 0.25) is 0 Å². The zero-order valence-corrected chi connectivity index (χ0v) is 9.44. The Hall–Kier alpha value is -1.75. The van der Waals surface area contributed by atoms with E-state index in [2.05, 4.69) is 10.2 Å². The predicted molar refractivity (Wildman–Crippen MR) is 65.5 cm³/mol.